The first-order chi connectivity index (χ1) is 8.22. The van der Waals surface area contributed by atoms with Crippen molar-refractivity contribution in [2.24, 2.45) is 0 Å². The molecule has 0 aliphatic heterocycles. The number of hydrogen-bond donors (Lipinski definition) is 0. The number of methoxy groups -OCH3 is 1. The Morgan fingerprint density at radius 3 is 2.88 bits per heavy atom. The van der Waals surface area contributed by atoms with Gasteiger partial charge in [0.15, 0.2) is 5.76 Å². The third-order valence-electron chi connectivity index (χ3n) is 2.13. The first-order valence-corrected chi connectivity index (χ1v) is 5.56. The summed E-state index contributed by atoms with van der Waals surface area (Å²) in [7, 11) is 1.37. The average Bonchev–Trinajstić information content (AvgIpc) is 2.73. The summed E-state index contributed by atoms with van der Waals surface area (Å²) in [5, 5.41) is 3.78. The number of carbonyl (C=O) groups excluding carboxylic acids is 1. The molecule has 0 aromatic carbocycles. The van der Waals surface area contributed by atoms with Gasteiger partial charge in [0, 0.05) is 12.1 Å². The molecular weight excluding hydrogens is 218 g/mol. The van der Waals surface area contributed by atoms with Crippen LogP contribution in [0.5, 0.6) is 0 Å². The minimum Gasteiger partial charge on any atom is -0.466 e. The number of hydrogen-bond acceptors (Lipinski definition) is 4. The Bertz CT molecular complexity index is 405. The molecule has 0 bridgehead atoms. The number of carbonyl (C=O) groups is 1. The van der Waals surface area contributed by atoms with Gasteiger partial charge in [-0.1, -0.05) is 17.3 Å². The fraction of sp³-hybridized carbons (Fsp3) is 0.385. The lowest BCUT2D eigenvalue weighted by atomic mass is 10.2. The van der Waals surface area contributed by atoms with Crippen molar-refractivity contribution < 1.29 is 14.1 Å². The quantitative estimate of drug-likeness (QED) is 0.432. The molecule has 1 rings (SSSR count). The lowest BCUT2D eigenvalue weighted by molar-refractivity contribution is -0.134. The maximum absolute atomic E-state index is 10.7. The highest BCUT2D eigenvalue weighted by molar-refractivity contribution is 5.81. The molecular formula is C13H17NO3. The van der Waals surface area contributed by atoms with Gasteiger partial charge in [0.2, 0.25) is 0 Å². The number of ether oxygens (including phenoxy) is 1. The largest absolute Gasteiger partial charge is 0.466 e. The summed E-state index contributed by atoms with van der Waals surface area (Å²) in [6, 6.07) is 1.88. The molecule has 0 fully saturated rings. The van der Waals surface area contributed by atoms with Gasteiger partial charge in [0.25, 0.3) is 0 Å². The van der Waals surface area contributed by atoms with Crippen molar-refractivity contribution in [3.63, 3.8) is 0 Å². The molecule has 0 saturated heterocycles. The second-order valence-electron chi connectivity index (χ2n) is 3.63. The van der Waals surface area contributed by atoms with Crippen LogP contribution in [0.3, 0.4) is 0 Å². The molecule has 4 heteroatoms. The van der Waals surface area contributed by atoms with Crippen molar-refractivity contribution in [2.45, 2.75) is 26.2 Å². The van der Waals surface area contributed by atoms with E-state index >= 15 is 0 Å². The van der Waals surface area contributed by atoms with E-state index in [0.29, 0.717) is 0 Å². The second kappa shape index (κ2) is 7.44. The van der Waals surface area contributed by atoms with Crippen LogP contribution in [0.1, 0.15) is 30.7 Å². The van der Waals surface area contributed by atoms with E-state index in [1.807, 2.05) is 31.2 Å². The number of rotatable bonds is 6. The predicted molar refractivity (Wildman–Crippen MR) is 65.3 cm³/mol. The zero-order chi connectivity index (χ0) is 12.5. The zero-order valence-electron chi connectivity index (χ0n) is 10.2. The molecule has 17 heavy (non-hydrogen) atoms. The molecule has 1 heterocycles. The number of allylic oxidation sites excluding steroid dienone is 2. The van der Waals surface area contributed by atoms with Gasteiger partial charge in [0.1, 0.15) is 0 Å². The fourth-order valence-corrected chi connectivity index (χ4v) is 1.26. The minimum atomic E-state index is -0.308. The molecule has 0 radical (unpaired) electrons. The van der Waals surface area contributed by atoms with Gasteiger partial charge in [-0.2, -0.15) is 0 Å². The van der Waals surface area contributed by atoms with E-state index in [9.17, 15) is 4.79 Å². The molecule has 92 valence electrons. The molecule has 0 N–H and O–H groups in total. The van der Waals surface area contributed by atoms with Crippen LogP contribution in [0.15, 0.2) is 28.8 Å². The topological polar surface area (TPSA) is 52.3 Å². The van der Waals surface area contributed by atoms with E-state index < -0.39 is 0 Å². The van der Waals surface area contributed by atoms with E-state index in [1.54, 1.807) is 0 Å². The van der Waals surface area contributed by atoms with E-state index in [4.69, 9.17) is 4.52 Å². The molecule has 4 nitrogen and oxygen atoms in total. The molecule has 0 saturated carbocycles. The van der Waals surface area contributed by atoms with Crippen molar-refractivity contribution in [1.29, 1.82) is 0 Å². The molecule has 0 unspecified atom stereocenters. The monoisotopic (exact) mass is 235 g/mol. The smallest absolute Gasteiger partial charge is 0.330 e. The Morgan fingerprint density at radius 2 is 2.24 bits per heavy atom. The van der Waals surface area contributed by atoms with Gasteiger partial charge < -0.3 is 9.26 Å². The van der Waals surface area contributed by atoms with Gasteiger partial charge in [-0.3, -0.25) is 0 Å². The summed E-state index contributed by atoms with van der Waals surface area (Å²) >= 11 is 0. The lowest BCUT2D eigenvalue weighted by Crippen LogP contribution is -1.93. The highest BCUT2D eigenvalue weighted by Gasteiger charge is 1.94. The maximum Gasteiger partial charge on any atom is 0.330 e. The van der Waals surface area contributed by atoms with Gasteiger partial charge in [-0.15, -0.1) is 0 Å². The summed E-state index contributed by atoms with van der Waals surface area (Å²) < 4.78 is 9.51. The van der Waals surface area contributed by atoms with Crippen molar-refractivity contribution in [3.05, 3.63) is 35.7 Å². The van der Waals surface area contributed by atoms with Crippen LogP contribution in [-0.2, 0) is 9.53 Å². The number of aromatic nitrogens is 1. The molecule has 0 atom stereocenters. The van der Waals surface area contributed by atoms with Crippen molar-refractivity contribution >= 4 is 12.0 Å². The Labute approximate surface area is 101 Å². The van der Waals surface area contributed by atoms with E-state index in [0.717, 1.165) is 30.7 Å². The first kappa shape index (κ1) is 13.2. The van der Waals surface area contributed by atoms with Crippen LogP contribution < -0.4 is 0 Å². The van der Waals surface area contributed by atoms with E-state index in [2.05, 4.69) is 9.89 Å². The second-order valence-corrected chi connectivity index (χ2v) is 3.63. The fourth-order valence-electron chi connectivity index (χ4n) is 1.26. The number of nitrogens with zero attached hydrogens (tertiary/aromatic N) is 1. The van der Waals surface area contributed by atoms with Crippen LogP contribution in [0.2, 0.25) is 0 Å². The summed E-state index contributed by atoms with van der Waals surface area (Å²) in [4.78, 5) is 10.7. The minimum absolute atomic E-state index is 0.308. The SMILES string of the molecule is COC(=O)/C=C/CCCC=Cc1cc(C)no1. The summed E-state index contributed by atoms with van der Waals surface area (Å²) in [6.07, 6.45) is 9.98. The maximum atomic E-state index is 10.7. The lowest BCUT2D eigenvalue weighted by Gasteiger charge is -1.91. The van der Waals surface area contributed by atoms with Crippen molar-refractivity contribution in [2.75, 3.05) is 7.11 Å². The first-order valence-electron chi connectivity index (χ1n) is 5.56. The third kappa shape index (κ3) is 5.70. The predicted octanol–water partition coefficient (Wildman–Crippen LogP) is 2.90. The highest BCUT2D eigenvalue weighted by Crippen LogP contribution is 2.06. The number of aryl methyl sites for hydroxylation is 1. The molecule has 0 aliphatic carbocycles. The van der Waals surface area contributed by atoms with E-state index in [1.165, 1.54) is 13.2 Å². The molecule has 0 aliphatic rings. The van der Waals surface area contributed by atoms with Crippen molar-refractivity contribution in [1.82, 2.24) is 5.16 Å². The Balaban J connectivity index is 2.14. The van der Waals surface area contributed by atoms with Crippen molar-refractivity contribution in [3.8, 4) is 0 Å². The third-order valence-corrected chi connectivity index (χ3v) is 2.13. The Morgan fingerprint density at radius 1 is 1.47 bits per heavy atom. The normalized spacial score (nSPS) is 11.4. The van der Waals surface area contributed by atoms with Crippen LogP contribution in [0.4, 0.5) is 0 Å². The summed E-state index contributed by atoms with van der Waals surface area (Å²) in [5.41, 5.74) is 0.880. The molecule has 0 amide bonds. The zero-order valence-corrected chi connectivity index (χ0v) is 10.2. The van der Waals surface area contributed by atoms with Crippen LogP contribution in [0.25, 0.3) is 6.08 Å². The Kier molecular flexibility index (Phi) is 5.79. The van der Waals surface area contributed by atoms with Crippen LogP contribution in [-0.4, -0.2) is 18.2 Å². The number of esters is 1. The van der Waals surface area contributed by atoms with Crippen LogP contribution >= 0.6 is 0 Å². The highest BCUT2D eigenvalue weighted by atomic mass is 16.5. The van der Waals surface area contributed by atoms with Gasteiger partial charge >= 0.3 is 5.97 Å². The molecule has 1 aromatic heterocycles. The summed E-state index contributed by atoms with van der Waals surface area (Å²) in [6.45, 7) is 1.89. The van der Waals surface area contributed by atoms with Gasteiger partial charge in [-0.05, 0) is 32.3 Å². The van der Waals surface area contributed by atoms with E-state index in [-0.39, 0.29) is 5.97 Å². The number of unbranched alkanes of at least 4 members (excludes halogenated alkanes) is 2. The summed E-state index contributed by atoms with van der Waals surface area (Å²) in [5.74, 6) is 0.463. The average molecular weight is 235 g/mol. The molecule has 0 spiro atoms. The van der Waals surface area contributed by atoms with Gasteiger partial charge in [-0.25, -0.2) is 4.79 Å². The molecule has 1 aromatic rings. The van der Waals surface area contributed by atoms with Gasteiger partial charge in [0.05, 0.1) is 12.8 Å². The standard InChI is InChI=1S/C13H17NO3/c1-11-10-12(17-14-11)8-6-4-3-5-7-9-13(15)16-2/h6-10H,3-5H2,1-2H3/b8-6?,9-7+. The Hall–Kier alpha value is -1.84. The van der Waals surface area contributed by atoms with Crippen LogP contribution in [0, 0.1) is 6.92 Å².